The van der Waals surface area contributed by atoms with Gasteiger partial charge in [0.15, 0.2) is 5.82 Å². The minimum absolute atomic E-state index is 0.0545. The minimum atomic E-state index is 0.0545. The van der Waals surface area contributed by atoms with E-state index in [2.05, 4.69) is 15.0 Å². The predicted octanol–water partition coefficient (Wildman–Crippen LogP) is 1.02. The maximum atomic E-state index is 11.1. The minimum Gasteiger partial charge on any atom is -0.363 e. The van der Waals surface area contributed by atoms with Gasteiger partial charge in [-0.15, -0.1) is 0 Å². The summed E-state index contributed by atoms with van der Waals surface area (Å²) in [6.45, 7) is 0. The molecule has 11 heavy (non-hydrogen) atoms. The van der Waals surface area contributed by atoms with Crippen molar-refractivity contribution in [1.82, 2.24) is 5.16 Å². The highest BCUT2D eigenvalue weighted by Gasteiger charge is 2.29. The van der Waals surface area contributed by atoms with Gasteiger partial charge in [-0.1, -0.05) is 5.16 Å². The summed E-state index contributed by atoms with van der Waals surface area (Å²) in [6, 6.07) is 1.63. The molecule has 0 atom stereocenters. The monoisotopic (exact) mass is 152 g/mol. The molecular formula is C7H8N2O2. The molecule has 0 spiro atoms. The van der Waals surface area contributed by atoms with Crippen LogP contribution in [-0.4, -0.2) is 11.1 Å². The highest BCUT2D eigenvalue weighted by Crippen LogP contribution is 2.29. The first kappa shape index (κ1) is 6.39. The van der Waals surface area contributed by atoms with E-state index in [0.717, 1.165) is 12.8 Å². The van der Waals surface area contributed by atoms with E-state index in [1.54, 1.807) is 6.07 Å². The fraction of sp³-hybridized carbons (Fsp3) is 0.429. The zero-order valence-corrected chi connectivity index (χ0v) is 5.91. The molecule has 1 saturated carbocycles. The molecular weight excluding hydrogens is 144 g/mol. The van der Waals surface area contributed by atoms with Gasteiger partial charge in [0.05, 0.1) is 0 Å². The second-order valence-corrected chi connectivity index (χ2v) is 2.65. The van der Waals surface area contributed by atoms with Crippen molar-refractivity contribution in [3.05, 3.63) is 12.3 Å². The third-order valence-electron chi connectivity index (χ3n) is 1.64. The molecule has 4 heteroatoms. The summed E-state index contributed by atoms with van der Waals surface area (Å²) >= 11 is 0. The van der Waals surface area contributed by atoms with Crippen molar-refractivity contribution in [1.29, 1.82) is 0 Å². The Hall–Kier alpha value is -1.32. The number of nitrogens with zero attached hydrogens (tertiary/aromatic N) is 1. The Morgan fingerprint density at radius 1 is 1.73 bits per heavy atom. The molecule has 0 aromatic carbocycles. The molecule has 0 saturated heterocycles. The molecule has 58 valence electrons. The van der Waals surface area contributed by atoms with Gasteiger partial charge in [-0.25, -0.2) is 0 Å². The van der Waals surface area contributed by atoms with Gasteiger partial charge in [0, 0.05) is 12.0 Å². The topological polar surface area (TPSA) is 55.1 Å². The number of carbonyl (C=O) groups is 1. The van der Waals surface area contributed by atoms with Crippen LogP contribution in [0, 0.1) is 5.92 Å². The van der Waals surface area contributed by atoms with E-state index in [1.807, 2.05) is 0 Å². The number of rotatable bonds is 2. The number of amides is 1. The van der Waals surface area contributed by atoms with Crippen LogP contribution in [0.1, 0.15) is 12.8 Å². The van der Waals surface area contributed by atoms with Crippen molar-refractivity contribution in [3.63, 3.8) is 0 Å². The van der Waals surface area contributed by atoms with Crippen molar-refractivity contribution < 1.29 is 9.32 Å². The van der Waals surface area contributed by atoms with E-state index in [0.29, 0.717) is 5.82 Å². The lowest BCUT2D eigenvalue weighted by Gasteiger charge is -1.95. The summed E-state index contributed by atoms with van der Waals surface area (Å²) in [5.41, 5.74) is 0. The first-order valence-corrected chi connectivity index (χ1v) is 3.57. The fourth-order valence-electron chi connectivity index (χ4n) is 0.851. The summed E-state index contributed by atoms with van der Waals surface area (Å²) in [5, 5.41) is 6.20. The second-order valence-electron chi connectivity index (χ2n) is 2.65. The third-order valence-corrected chi connectivity index (χ3v) is 1.64. The van der Waals surface area contributed by atoms with Crippen LogP contribution in [0.3, 0.4) is 0 Å². The number of aromatic nitrogens is 1. The van der Waals surface area contributed by atoms with E-state index in [9.17, 15) is 4.79 Å². The smallest absolute Gasteiger partial charge is 0.228 e. The number of carbonyl (C=O) groups excluding carboxylic acids is 1. The molecule has 1 heterocycles. The van der Waals surface area contributed by atoms with Crippen LogP contribution in [0.25, 0.3) is 0 Å². The lowest BCUT2D eigenvalue weighted by atomic mass is 10.4. The molecule has 0 radical (unpaired) electrons. The molecule has 2 rings (SSSR count). The highest BCUT2D eigenvalue weighted by atomic mass is 16.5. The predicted molar refractivity (Wildman–Crippen MR) is 37.9 cm³/mol. The van der Waals surface area contributed by atoms with E-state index < -0.39 is 0 Å². The Morgan fingerprint density at radius 3 is 3.09 bits per heavy atom. The molecule has 1 N–H and O–H groups in total. The van der Waals surface area contributed by atoms with Crippen molar-refractivity contribution in [2.24, 2.45) is 5.92 Å². The van der Waals surface area contributed by atoms with E-state index in [1.165, 1.54) is 6.26 Å². The number of nitrogens with one attached hydrogen (secondary N) is 1. The SMILES string of the molecule is O=C(Nc1ccon1)C1CC1. The Balaban J connectivity index is 1.94. The normalized spacial score (nSPS) is 16.4. The van der Waals surface area contributed by atoms with E-state index in [4.69, 9.17) is 0 Å². The number of hydrogen-bond donors (Lipinski definition) is 1. The van der Waals surface area contributed by atoms with Crippen LogP contribution in [0.5, 0.6) is 0 Å². The largest absolute Gasteiger partial charge is 0.363 e. The molecule has 4 nitrogen and oxygen atoms in total. The fourth-order valence-corrected chi connectivity index (χ4v) is 0.851. The maximum Gasteiger partial charge on any atom is 0.228 e. The van der Waals surface area contributed by atoms with Gasteiger partial charge in [-0.05, 0) is 12.8 Å². The Labute approximate surface area is 63.6 Å². The van der Waals surface area contributed by atoms with Gasteiger partial charge >= 0.3 is 0 Å². The molecule has 1 aromatic heterocycles. The van der Waals surface area contributed by atoms with Gasteiger partial charge in [0.2, 0.25) is 5.91 Å². The molecule has 1 aliphatic carbocycles. The zero-order chi connectivity index (χ0) is 7.68. The molecule has 1 amide bonds. The molecule has 1 aromatic rings. The van der Waals surface area contributed by atoms with Gasteiger partial charge in [0.25, 0.3) is 0 Å². The lowest BCUT2D eigenvalue weighted by molar-refractivity contribution is -0.117. The van der Waals surface area contributed by atoms with E-state index >= 15 is 0 Å². The molecule has 0 aliphatic heterocycles. The van der Waals surface area contributed by atoms with Gasteiger partial charge in [-0.2, -0.15) is 0 Å². The Kier molecular flexibility index (Phi) is 1.38. The molecule has 1 aliphatic rings. The van der Waals surface area contributed by atoms with Gasteiger partial charge < -0.3 is 9.84 Å². The average molecular weight is 152 g/mol. The van der Waals surface area contributed by atoms with Crippen LogP contribution in [0.15, 0.2) is 16.9 Å². The summed E-state index contributed by atoms with van der Waals surface area (Å²) in [6.07, 6.45) is 3.44. The summed E-state index contributed by atoms with van der Waals surface area (Å²) in [7, 11) is 0. The third kappa shape index (κ3) is 1.39. The van der Waals surface area contributed by atoms with Crippen LogP contribution in [-0.2, 0) is 4.79 Å². The van der Waals surface area contributed by atoms with Gasteiger partial charge in [0.1, 0.15) is 6.26 Å². The Bertz CT molecular complexity index is 251. The average Bonchev–Trinajstić information content (AvgIpc) is 2.73. The Morgan fingerprint density at radius 2 is 2.55 bits per heavy atom. The standard InChI is InChI=1S/C7H8N2O2/c10-7(5-1-2-5)8-6-3-4-11-9-6/h3-5H,1-2H2,(H,8,9,10). The number of hydrogen-bond acceptors (Lipinski definition) is 3. The molecule has 0 bridgehead atoms. The zero-order valence-electron chi connectivity index (χ0n) is 5.91. The summed E-state index contributed by atoms with van der Waals surface area (Å²) in [4.78, 5) is 11.1. The van der Waals surface area contributed by atoms with Crippen molar-refractivity contribution >= 4 is 11.7 Å². The summed E-state index contributed by atoms with van der Waals surface area (Å²) < 4.78 is 4.55. The lowest BCUT2D eigenvalue weighted by Crippen LogP contribution is -2.13. The second kappa shape index (κ2) is 2.38. The van der Waals surface area contributed by atoms with Gasteiger partial charge in [-0.3, -0.25) is 4.79 Å². The molecule has 0 unspecified atom stereocenters. The quantitative estimate of drug-likeness (QED) is 0.688. The van der Waals surface area contributed by atoms with Crippen molar-refractivity contribution in [2.45, 2.75) is 12.8 Å². The van der Waals surface area contributed by atoms with Crippen molar-refractivity contribution in [2.75, 3.05) is 5.32 Å². The molecule has 1 fully saturated rings. The van der Waals surface area contributed by atoms with Crippen LogP contribution < -0.4 is 5.32 Å². The van der Waals surface area contributed by atoms with E-state index in [-0.39, 0.29) is 11.8 Å². The van der Waals surface area contributed by atoms with Crippen molar-refractivity contribution in [3.8, 4) is 0 Å². The van der Waals surface area contributed by atoms with Crippen LogP contribution in [0.4, 0.5) is 5.82 Å². The first-order chi connectivity index (χ1) is 5.36. The highest BCUT2D eigenvalue weighted by molar-refractivity contribution is 5.93. The van der Waals surface area contributed by atoms with Crippen LogP contribution >= 0.6 is 0 Å². The summed E-state index contributed by atoms with van der Waals surface area (Å²) in [5.74, 6) is 0.771. The van der Waals surface area contributed by atoms with Crippen LogP contribution in [0.2, 0.25) is 0 Å². The first-order valence-electron chi connectivity index (χ1n) is 3.57. The number of anilines is 1. The maximum absolute atomic E-state index is 11.1.